The molecule has 3 rings (SSSR count). The molecule has 7 N–H and O–H groups in total. The number of rotatable bonds is 12. The van der Waals surface area contributed by atoms with E-state index in [4.69, 9.17) is 26.2 Å². The van der Waals surface area contributed by atoms with E-state index in [-0.39, 0.29) is 13.0 Å². The van der Waals surface area contributed by atoms with Crippen LogP contribution in [0.1, 0.15) is 17.5 Å². The van der Waals surface area contributed by atoms with Gasteiger partial charge in [0.2, 0.25) is 11.8 Å². The second-order valence-electron chi connectivity index (χ2n) is 9.10. The number of nitrogens with one attached hydrogen (secondary N) is 2. The Hall–Kier alpha value is -3.10. The van der Waals surface area contributed by atoms with E-state index in [0.29, 0.717) is 16.1 Å². The number of aliphatic hydroxyl groups excluding tert-OH is 4. The molecule has 6 atom stereocenters. The molecule has 0 radical (unpaired) electrons. The van der Waals surface area contributed by atoms with Gasteiger partial charge in [-0.25, -0.2) is 4.79 Å². The van der Waals surface area contributed by atoms with Crippen molar-refractivity contribution in [1.29, 1.82) is 0 Å². The predicted molar refractivity (Wildman–Crippen MR) is 136 cm³/mol. The molecule has 12 nitrogen and oxygen atoms in total. The first-order valence-corrected chi connectivity index (χ1v) is 12.5. The van der Waals surface area contributed by atoms with Crippen LogP contribution in [0.15, 0.2) is 54.6 Å². The maximum atomic E-state index is 12.3. The second-order valence-corrected chi connectivity index (χ2v) is 9.54. The van der Waals surface area contributed by atoms with Crippen molar-refractivity contribution in [2.24, 2.45) is 0 Å². The Balaban J connectivity index is 1.74. The number of aliphatic carboxylic acids is 1. The zero-order valence-corrected chi connectivity index (χ0v) is 21.5. The van der Waals surface area contributed by atoms with Crippen molar-refractivity contribution >= 4 is 29.4 Å². The zero-order valence-electron chi connectivity index (χ0n) is 20.8. The van der Waals surface area contributed by atoms with Gasteiger partial charge < -0.3 is 45.6 Å². The number of carbonyl (C=O) groups excluding carboxylic acids is 2. The maximum absolute atomic E-state index is 12.3. The summed E-state index contributed by atoms with van der Waals surface area (Å²) < 4.78 is 11.3. The molecule has 0 saturated carbocycles. The molecular weight excluding hydrogens is 536 g/mol. The van der Waals surface area contributed by atoms with Crippen LogP contribution in [0, 0.1) is 0 Å². The van der Waals surface area contributed by atoms with Crippen LogP contribution in [0.3, 0.4) is 0 Å². The fourth-order valence-corrected chi connectivity index (χ4v) is 4.26. The number of aliphatic hydroxyl groups is 4. The first-order chi connectivity index (χ1) is 18.5. The number of carbonyl (C=O) groups is 3. The molecule has 2 aromatic rings. The van der Waals surface area contributed by atoms with Crippen molar-refractivity contribution in [3.05, 3.63) is 70.7 Å². The van der Waals surface area contributed by atoms with E-state index in [1.165, 1.54) is 0 Å². The number of carboxylic acid groups (broad SMARTS) is 1. The third kappa shape index (κ3) is 8.19. The van der Waals surface area contributed by atoms with Crippen molar-refractivity contribution in [1.82, 2.24) is 10.6 Å². The summed E-state index contributed by atoms with van der Waals surface area (Å²) in [5.74, 6) is -5.46. The molecule has 1 fully saturated rings. The standard InChI is InChI=1S/C26H31ClN2O10/c27-17-8-6-15(7-9-17)10-20(33)28-12-19(32)23(35)24-22(29-21(34)13-30)18(31)11-26(39-24,25(36)37)38-14-16-4-2-1-3-5-16/h1-9,18-19,22-24,30-32,35H,10-14H2,(H,28,33)(H,29,34)(H,36,37)/t18-,19+,22+,23+,24+,26+/m0/s1. The van der Waals surface area contributed by atoms with Crippen LogP contribution < -0.4 is 10.6 Å². The summed E-state index contributed by atoms with van der Waals surface area (Å²) in [4.78, 5) is 36.5. The van der Waals surface area contributed by atoms with Crippen molar-refractivity contribution in [2.75, 3.05) is 13.2 Å². The highest BCUT2D eigenvalue weighted by Crippen LogP contribution is 2.34. The van der Waals surface area contributed by atoms with Crippen molar-refractivity contribution < 1.29 is 49.4 Å². The van der Waals surface area contributed by atoms with Gasteiger partial charge in [0.05, 0.1) is 31.3 Å². The number of amides is 2. The summed E-state index contributed by atoms with van der Waals surface area (Å²) >= 11 is 5.84. The average Bonchev–Trinajstić information content (AvgIpc) is 2.93. The lowest BCUT2D eigenvalue weighted by Crippen LogP contribution is -2.68. The SMILES string of the molecule is O=C(Cc1ccc(Cl)cc1)NC[C@@H](O)[C@@H](O)[C@@H]1O[C@@](OCc2ccccc2)(C(=O)O)C[C@H](O)[C@H]1NC(=O)CO. The maximum Gasteiger partial charge on any atom is 0.364 e. The van der Waals surface area contributed by atoms with Gasteiger partial charge in [0, 0.05) is 18.0 Å². The van der Waals surface area contributed by atoms with E-state index in [9.17, 15) is 34.8 Å². The molecule has 39 heavy (non-hydrogen) atoms. The van der Waals surface area contributed by atoms with Gasteiger partial charge in [0.15, 0.2) is 0 Å². The number of carboxylic acids is 1. The highest BCUT2D eigenvalue weighted by Gasteiger charge is 2.55. The molecule has 0 spiro atoms. The summed E-state index contributed by atoms with van der Waals surface area (Å²) in [5.41, 5.74) is 1.26. The van der Waals surface area contributed by atoms with E-state index in [1.54, 1.807) is 54.6 Å². The fraction of sp³-hybridized carbons (Fsp3) is 0.423. The Labute approximate surface area is 229 Å². The summed E-state index contributed by atoms with van der Waals surface area (Å²) in [6.45, 7) is -1.64. The van der Waals surface area contributed by atoms with Crippen LogP contribution in [0.25, 0.3) is 0 Å². The number of ether oxygens (including phenoxy) is 2. The number of hydrogen-bond donors (Lipinski definition) is 7. The molecule has 1 aliphatic heterocycles. The van der Waals surface area contributed by atoms with E-state index < -0.39 is 73.6 Å². The monoisotopic (exact) mass is 566 g/mol. The van der Waals surface area contributed by atoms with Crippen LogP contribution in [0.4, 0.5) is 0 Å². The van der Waals surface area contributed by atoms with Gasteiger partial charge in [0.25, 0.3) is 5.79 Å². The minimum Gasteiger partial charge on any atom is -0.477 e. The van der Waals surface area contributed by atoms with Gasteiger partial charge in [-0.1, -0.05) is 54.1 Å². The van der Waals surface area contributed by atoms with E-state index in [0.717, 1.165) is 0 Å². The zero-order chi connectivity index (χ0) is 28.6. The van der Waals surface area contributed by atoms with Gasteiger partial charge in [-0.05, 0) is 23.3 Å². The van der Waals surface area contributed by atoms with Gasteiger partial charge >= 0.3 is 5.97 Å². The van der Waals surface area contributed by atoms with Crippen LogP contribution >= 0.6 is 11.6 Å². The summed E-state index contributed by atoms with van der Waals surface area (Å²) in [5, 5.41) is 56.7. The Bertz CT molecular complexity index is 1120. The van der Waals surface area contributed by atoms with Crippen LogP contribution in [0.5, 0.6) is 0 Å². The topological polar surface area (TPSA) is 195 Å². The van der Waals surface area contributed by atoms with Crippen LogP contribution in [0.2, 0.25) is 5.02 Å². The Morgan fingerprint density at radius 3 is 2.33 bits per heavy atom. The summed E-state index contributed by atoms with van der Waals surface area (Å²) in [6, 6.07) is 13.7. The third-order valence-electron chi connectivity index (χ3n) is 6.20. The molecule has 0 aromatic heterocycles. The van der Waals surface area contributed by atoms with E-state index in [1.807, 2.05) is 0 Å². The quantitative estimate of drug-likeness (QED) is 0.173. The predicted octanol–water partition coefficient (Wildman–Crippen LogP) is -0.655. The lowest BCUT2D eigenvalue weighted by Gasteiger charge is -2.46. The molecule has 0 bridgehead atoms. The highest BCUT2D eigenvalue weighted by atomic mass is 35.5. The molecule has 2 amide bonds. The summed E-state index contributed by atoms with van der Waals surface area (Å²) in [7, 11) is 0. The molecule has 212 valence electrons. The first-order valence-electron chi connectivity index (χ1n) is 12.1. The van der Waals surface area contributed by atoms with Gasteiger partial charge in [-0.15, -0.1) is 0 Å². The highest BCUT2D eigenvalue weighted by molar-refractivity contribution is 6.30. The third-order valence-corrected chi connectivity index (χ3v) is 6.45. The van der Waals surface area contributed by atoms with E-state index in [2.05, 4.69) is 10.6 Å². The van der Waals surface area contributed by atoms with Gasteiger partial charge in [0.1, 0.15) is 18.8 Å². The van der Waals surface area contributed by atoms with Gasteiger partial charge in [-0.3, -0.25) is 9.59 Å². The molecule has 13 heteroatoms. The number of halogens is 1. The van der Waals surface area contributed by atoms with Crippen molar-refractivity contribution in [3.8, 4) is 0 Å². The van der Waals surface area contributed by atoms with Crippen molar-refractivity contribution in [3.63, 3.8) is 0 Å². The smallest absolute Gasteiger partial charge is 0.364 e. The number of hydrogen-bond acceptors (Lipinski definition) is 9. The average molecular weight is 567 g/mol. The number of benzene rings is 2. The largest absolute Gasteiger partial charge is 0.477 e. The molecule has 1 saturated heterocycles. The lowest BCUT2D eigenvalue weighted by molar-refractivity contribution is -0.314. The second kappa shape index (κ2) is 13.8. The molecule has 1 heterocycles. The first kappa shape index (κ1) is 30.4. The van der Waals surface area contributed by atoms with E-state index >= 15 is 0 Å². The van der Waals surface area contributed by atoms with Crippen LogP contribution in [-0.4, -0.2) is 92.7 Å². The Morgan fingerprint density at radius 1 is 1.05 bits per heavy atom. The minimum absolute atomic E-state index is 0.0384. The van der Waals surface area contributed by atoms with Crippen LogP contribution in [-0.2, 0) is 36.9 Å². The normalized spacial score (nSPS) is 24.4. The van der Waals surface area contributed by atoms with Gasteiger partial charge in [-0.2, -0.15) is 0 Å². The molecule has 1 aliphatic rings. The Morgan fingerprint density at radius 2 is 1.72 bits per heavy atom. The molecule has 0 aliphatic carbocycles. The minimum atomic E-state index is -2.45. The molecule has 2 aromatic carbocycles. The molecule has 0 unspecified atom stereocenters. The lowest BCUT2D eigenvalue weighted by atomic mass is 9.88. The summed E-state index contributed by atoms with van der Waals surface area (Å²) in [6.07, 6.45) is -7.61. The Kier molecular flexibility index (Phi) is 10.8. The van der Waals surface area contributed by atoms with Crippen molar-refractivity contribution in [2.45, 2.75) is 55.7 Å². The molecular formula is C26H31ClN2O10. The fourth-order valence-electron chi connectivity index (χ4n) is 4.13.